The van der Waals surface area contributed by atoms with Crippen molar-refractivity contribution >= 4 is 12.4 Å². The zero-order valence-electron chi connectivity index (χ0n) is 4.10. The fourth-order valence-electron chi connectivity index (χ4n) is 0.114. The molecular weight excluding hydrogens is 114 g/mol. The van der Waals surface area contributed by atoms with E-state index in [0.717, 1.165) is 0 Å². The molecule has 3 heteroatoms. The SMILES string of the molecule is C#CCNOC.Cl. The van der Waals surface area contributed by atoms with Crippen LogP contribution in [-0.2, 0) is 4.84 Å². The Bertz CT molecular complexity index is 59.2. The Morgan fingerprint density at radius 3 is 2.57 bits per heavy atom. The normalized spacial score (nSPS) is 6.29. The van der Waals surface area contributed by atoms with Crippen LogP contribution >= 0.6 is 12.4 Å². The van der Waals surface area contributed by atoms with E-state index >= 15 is 0 Å². The molecule has 0 aliphatic carbocycles. The van der Waals surface area contributed by atoms with Crippen molar-refractivity contribution in [1.29, 1.82) is 0 Å². The van der Waals surface area contributed by atoms with Crippen molar-refractivity contribution in [2.75, 3.05) is 13.7 Å². The minimum Gasteiger partial charge on any atom is -0.304 e. The van der Waals surface area contributed by atoms with Crippen molar-refractivity contribution in [1.82, 2.24) is 5.48 Å². The molecule has 0 aliphatic heterocycles. The van der Waals surface area contributed by atoms with Gasteiger partial charge in [-0.2, -0.15) is 5.48 Å². The Morgan fingerprint density at radius 2 is 2.43 bits per heavy atom. The Balaban J connectivity index is 0. The van der Waals surface area contributed by atoms with E-state index in [0.29, 0.717) is 6.54 Å². The summed E-state index contributed by atoms with van der Waals surface area (Å²) < 4.78 is 0. The molecule has 0 spiro atoms. The summed E-state index contributed by atoms with van der Waals surface area (Å²) in [6.45, 7) is 0.469. The zero-order chi connectivity index (χ0) is 4.83. The van der Waals surface area contributed by atoms with Gasteiger partial charge >= 0.3 is 0 Å². The molecule has 0 saturated heterocycles. The van der Waals surface area contributed by atoms with Crippen molar-refractivity contribution in [3.63, 3.8) is 0 Å². The molecule has 0 heterocycles. The first-order valence-corrected chi connectivity index (χ1v) is 1.61. The molecule has 0 bridgehead atoms. The third-order valence-electron chi connectivity index (χ3n) is 0.319. The summed E-state index contributed by atoms with van der Waals surface area (Å²) >= 11 is 0. The van der Waals surface area contributed by atoms with E-state index in [1.54, 1.807) is 0 Å². The highest BCUT2D eigenvalue weighted by Crippen LogP contribution is 1.48. The topological polar surface area (TPSA) is 21.3 Å². The van der Waals surface area contributed by atoms with E-state index in [1.165, 1.54) is 7.11 Å². The standard InChI is InChI=1S/C4H7NO.ClH/c1-3-4-5-6-2;/h1,5H,4H2,2H3;1H. The van der Waals surface area contributed by atoms with Crippen LogP contribution in [0.2, 0.25) is 0 Å². The molecule has 0 saturated carbocycles. The maximum Gasteiger partial charge on any atom is 0.0818 e. The molecule has 0 aromatic heterocycles. The van der Waals surface area contributed by atoms with Crippen LogP contribution in [0.1, 0.15) is 0 Å². The largest absolute Gasteiger partial charge is 0.304 e. The van der Waals surface area contributed by atoms with Crippen LogP contribution in [0.3, 0.4) is 0 Å². The first-order chi connectivity index (χ1) is 2.91. The maximum absolute atomic E-state index is 4.82. The molecule has 7 heavy (non-hydrogen) atoms. The van der Waals surface area contributed by atoms with E-state index in [4.69, 9.17) is 6.42 Å². The summed E-state index contributed by atoms with van der Waals surface area (Å²) in [5.74, 6) is 2.33. The van der Waals surface area contributed by atoms with Gasteiger partial charge in [0, 0.05) is 0 Å². The fraction of sp³-hybridized carbons (Fsp3) is 0.500. The van der Waals surface area contributed by atoms with Gasteiger partial charge in [-0.15, -0.1) is 18.8 Å². The molecule has 0 radical (unpaired) electrons. The lowest BCUT2D eigenvalue weighted by Crippen LogP contribution is -2.10. The summed E-state index contributed by atoms with van der Waals surface area (Å²) in [7, 11) is 1.53. The quantitative estimate of drug-likeness (QED) is 0.320. The second-order valence-electron chi connectivity index (χ2n) is 0.729. The van der Waals surface area contributed by atoms with Crippen molar-refractivity contribution < 1.29 is 4.84 Å². The summed E-state index contributed by atoms with van der Waals surface area (Å²) in [5.41, 5.74) is 2.46. The molecule has 1 N–H and O–H groups in total. The number of halogens is 1. The molecule has 0 rings (SSSR count). The monoisotopic (exact) mass is 121 g/mol. The highest BCUT2D eigenvalue weighted by atomic mass is 35.5. The molecule has 0 aliphatic rings. The van der Waals surface area contributed by atoms with Crippen molar-refractivity contribution in [2.45, 2.75) is 0 Å². The smallest absolute Gasteiger partial charge is 0.0818 e. The van der Waals surface area contributed by atoms with Gasteiger partial charge in [-0.1, -0.05) is 5.92 Å². The molecule has 0 amide bonds. The Hall–Kier alpha value is -0.230. The van der Waals surface area contributed by atoms with Crippen LogP contribution in [0.25, 0.3) is 0 Å². The number of hydrogen-bond donors (Lipinski definition) is 1. The number of hydroxylamine groups is 1. The predicted octanol–water partition coefficient (Wildman–Crippen LogP) is 0.192. The third kappa shape index (κ3) is 10.7. The highest BCUT2D eigenvalue weighted by molar-refractivity contribution is 5.85. The number of nitrogens with one attached hydrogen (secondary N) is 1. The average Bonchev–Trinajstić information content (AvgIpc) is 1.61. The van der Waals surface area contributed by atoms with Gasteiger partial charge in [0.15, 0.2) is 0 Å². The van der Waals surface area contributed by atoms with Crippen molar-refractivity contribution in [3.05, 3.63) is 0 Å². The van der Waals surface area contributed by atoms with Crippen LogP contribution in [-0.4, -0.2) is 13.7 Å². The summed E-state index contributed by atoms with van der Waals surface area (Å²) in [6, 6.07) is 0. The number of rotatable bonds is 2. The second-order valence-corrected chi connectivity index (χ2v) is 0.729. The van der Waals surface area contributed by atoms with E-state index < -0.39 is 0 Å². The Labute approximate surface area is 49.6 Å². The lowest BCUT2D eigenvalue weighted by molar-refractivity contribution is 0.103. The molecule has 2 nitrogen and oxygen atoms in total. The average molecular weight is 122 g/mol. The van der Waals surface area contributed by atoms with Gasteiger partial charge in [-0.25, -0.2) is 0 Å². The van der Waals surface area contributed by atoms with Gasteiger partial charge < -0.3 is 4.84 Å². The summed E-state index contributed by atoms with van der Waals surface area (Å²) in [4.78, 5) is 4.39. The van der Waals surface area contributed by atoms with Crippen LogP contribution in [0, 0.1) is 12.3 Å². The molecule has 0 aromatic rings. The summed E-state index contributed by atoms with van der Waals surface area (Å²) in [6.07, 6.45) is 4.82. The van der Waals surface area contributed by atoms with Crippen LogP contribution in [0.5, 0.6) is 0 Å². The van der Waals surface area contributed by atoms with Crippen LogP contribution in [0.15, 0.2) is 0 Å². The predicted molar refractivity (Wildman–Crippen MR) is 31.1 cm³/mol. The van der Waals surface area contributed by atoms with Gasteiger partial charge in [0.05, 0.1) is 13.7 Å². The zero-order valence-corrected chi connectivity index (χ0v) is 4.92. The molecular formula is C4H8ClNO. The minimum absolute atomic E-state index is 0. The molecule has 0 atom stereocenters. The first-order valence-electron chi connectivity index (χ1n) is 1.61. The molecule has 0 aromatic carbocycles. The van der Waals surface area contributed by atoms with E-state index in [2.05, 4.69) is 16.2 Å². The maximum atomic E-state index is 4.82. The second kappa shape index (κ2) is 9.24. The van der Waals surface area contributed by atoms with E-state index in [1.807, 2.05) is 0 Å². The van der Waals surface area contributed by atoms with Crippen LogP contribution in [0.4, 0.5) is 0 Å². The first kappa shape index (κ1) is 9.91. The lowest BCUT2D eigenvalue weighted by Gasteiger charge is -1.88. The van der Waals surface area contributed by atoms with Crippen LogP contribution < -0.4 is 5.48 Å². The van der Waals surface area contributed by atoms with Gasteiger partial charge in [0.2, 0.25) is 0 Å². The Morgan fingerprint density at radius 1 is 1.86 bits per heavy atom. The summed E-state index contributed by atoms with van der Waals surface area (Å²) in [5, 5.41) is 0. The van der Waals surface area contributed by atoms with Gasteiger partial charge in [-0.05, 0) is 0 Å². The lowest BCUT2D eigenvalue weighted by atomic mass is 10.7. The number of terminal acetylenes is 1. The Kier molecular flexibility index (Phi) is 13.1. The third-order valence-corrected chi connectivity index (χ3v) is 0.319. The molecule has 42 valence electrons. The van der Waals surface area contributed by atoms with E-state index in [9.17, 15) is 0 Å². The molecule has 0 unspecified atom stereocenters. The van der Waals surface area contributed by atoms with Gasteiger partial charge in [0.25, 0.3) is 0 Å². The highest BCUT2D eigenvalue weighted by Gasteiger charge is 1.65. The van der Waals surface area contributed by atoms with Crippen molar-refractivity contribution in [3.8, 4) is 12.3 Å². The fourth-order valence-corrected chi connectivity index (χ4v) is 0.114. The van der Waals surface area contributed by atoms with E-state index in [-0.39, 0.29) is 12.4 Å². The van der Waals surface area contributed by atoms with Gasteiger partial charge in [0.1, 0.15) is 0 Å². The molecule has 0 fully saturated rings. The minimum atomic E-state index is 0. The number of hydrogen-bond acceptors (Lipinski definition) is 2. The van der Waals surface area contributed by atoms with Gasteiger partial charge in [-0.3, -0.25) is 0 Å². The van der Waals surface area contributed by atoms with Crippen molar-refractivity contribution in [2.24, 2.45) is 0 Å².